The van der Waals surface area contributed by atoms with Gasteiger partial charge >= 0.3 is 0 Å². The van der Waals surface area contributed by atoms with Gasteiger partial charge in [0, 0.05) is 39.8 Å². The standard InChI is InChI=1S/C18H36N2O5.ClH/c1-13(2)9-15-10-20(14(3)21)11-17(24-4)18(23)16(22)12-25-8-6-5-7-19-15;/h13,15-19,22-23H,5-12H2,1-4H3;1H/t15?,16-,17-,18-;/m1./s1. The van der Waals surface area contributed by atoms with Crippen molar-refractivity contribution in [2.75, 3.05) is 40.0 Å². The zero-order valence-corrected chi connectivity index (χ0v) is 17.3. The van der Waals surface area contributed by atoms with Gasteiger partial charge in [-0.25, -0.2) is 0 Å². The van der Waals surface area contributed by atoms with E-state index in [9.17, 15) is 15.0 Å². The molecular weight excluding hydrogens is 360 g/mol. The Bertz CT molecular complexity index is 387. The van der Waals surface area contributed by atoms with E-state index in [2.05, 4.69) is 19.2 Å². The van der Waals surface area contributed by atoms with Gasteiger partial charge in [-0.1, -0.05) is 13.8 Å². The lowest BCUT2D eigenvalue weighted by atomic mass is 10.0. The molecule has 1 saturated heterocycles. The summed E-state index contributed by atoms with van der Waals surface area (Å²) in [6.45, 7) is 8.13. The van der Waals surface area contributed by atoms with Crippen LogP contribution >= 0.6 is 12.4 Å². The molecular formula is C18H37ClN2O5. The third-order valence-corrected chi connectivity index (χ3v) is 4.56. The second-order valence-electron chi connectivity index (χ2n) is 7.32. The molecule has 26 heavy (non-hydrogen) atoms. The van der Waals surface area contributed by atoms with Crippen molar-refractivity contribution in [3.05, 3.63) is 0 Å². The number of ether oxygens (including phenoxy) is 2. The van der Waals surface area contributed by atoms with Crippen molar-refractivity contribution in [2.24, 2.45) is 5.92 Å². The van der Waals surface area contributed by atoms with Gasteiger partial charge in [-0.15, -0.1) is 12.4 Å². The first kappa shape index (κ1) is 25.6. The molecule has 0 bridgehead atoms. The molecule has 1 fully saturated rings. The van der Waals surface area contributed by atoms with Gasteiger partial charge in [-0.3, -0.25) is 4.79 Å². The summed E-state index contributed by atoms with van der Waals surface area (Å²) in [6.07, 6.45) is 0.00794. The minimum Gasteiger partial charge on any atom is -0.388 e. The molecule has 1 rings (SSSR count). The molecule has 8 heteroatoms. The van der Waals surface area contributed by atoms with Crippen LogP contribution in [0.25, 0.3) is 0 Å². The fourth-order valence-electron chi connectivity index (χ4n) is 3.11. The fraction of sp³-hybridized carbons (Fsp3) is 0.944. The second kappa shape index (κ2) is 13.7. The normalized spacial score (nSPS) is 29.7. The highest BCUT2D eigenvalue weighted by Crippen LogP contribution is 2.12. The fourth-order valence-corrected chi connectivity index (χ4v) is 3.11. The Morgan fingerprint density at radius 3 is 2.58 bits per heavy atom. The average molecular weight is 397 g/mol. The Kier molecular flexibility index (Phi) is 13.5. The second-order valence-corrected chi connectivity index (χ2v) is 7.32. The summed E-state index contributed by atoms with van der Waals surface area (Å²) in [5, 5.41) is 24.0. The van der Waals surface area contributed by atoms with Crippen molar-refractivity contribution in [1.29, 1.82) is 0 Å². The zero-order valence-electron chi connectivity index (χ0n) is 16.5. The van der Waals surface area contributed by atoms with E-state index in [1.165, 1.54) is 14.0 Å². The molecule has 0 radical (unpaired) electrons. The number of hydrogen-bond donors (Lipinski definition) is 3. The molecule has 0 aromatic heterocycles. The number of nitrogens with one attached hydrogen (secondary N) is 1. The van der Waals surface area contributed by atoms with Crippen LogP contribution in [0, 0.1) is 5.92 Å². The Hall–Kier alpha value is -0.440. The van der Waals surface area contributed by atoms with Gasteiger partial charge in [-0.05, 0) is 31.7 Å². The monoisotopic (exact) mass is 396 g/mol. The molecule has 0 saturated carbocycles. The minimum atomic E-state index is -1.11. The van der Waals surface area contributed by atoms with E-state index in [-0.39, 0.29) is 37.5 Å². The topological polar surface area (TPSA) is 91.3 Å². The first-order chi connectivity index (χ1) is 11.8. The van der Waals surface area contributed by atoms with Crippen LogP contribution in [0.3, 0.4) is 0 Å². The van der Waals surface area contributed by atoms with Gasteiger partial charge in [-0.2, -0.15) is 0 Å². The van der Waals surface area contributed by atoms with Crippen molar-refractivity contribution in [1.82, 2.24) is 10.2 Å². The quantitative estimate of drug-likeness (QED) is 0.654. The number of carbonyl (C=O) groups is 1. The summed E-state index contributed by atoms with van der Waals surface area (Å²) in [5.74, 6) is 0.446. The first-order valence-electron chi connectivity index (χ1n) is 9.30. The van der Waals surface area contributed by atoms with E-state index in [0.29, 0.717) is 19.1 Å². The Morgan fingerprint density at radius 2 is 2.00 bits per heavy atom. The van der Waals surface area contributed by atoms with Crippen molar-refractivity contribution in [2.45, 2.75) is 64.4 Å². The molecule has 7 nitrogen and oxygen atoms in total. The highest BCUT2D eigenvalue weighted by molar-refractivity contribution is 5.85. The van der Waals surface area contributed by atoms with E-state index >= 15 is 0 Å². The molecule has 1 aliphatic heterocycles. The number of rotatable bonds is 3. The molecule has 156 valence electrons. The molecule has 4 atom stereocenters. The zero-order chi connectivity index (χ0) is 18.8. The third-order valence-electron chi connectivity index (χ3n) is 4.56. The molecule has 0 aromatic rings. The molecule has 1 aliphatic rings. The van der Waals surface area contributed by atoms with Crippen LogP contribution in [0.5, 0.6) is 0 Å². The van der Waals surface area contributed by atoms with Crippen LogP contribution in [-0.4, -0.2) is 85.3 Å². The number of hydrogen-bond acceptors (Lipinski definition) is 6. The van der Waals surface area contributed by atoms with Crippen molar-refractivity contribution in [3.63, 3.8) is 0 Å². The number of carbonyl (C=O) groups excluding carboxylic acids is 1. The van der Waals surface area contributed by atoms with Gasteiger partial charge in [0.15, 0.2) is 0 Å². The highest BCUT2D eigenvalue weighted by atomic mass is 35.5. The SMILES string of the molecule is CO[C@@H]1CN(C(C)=O)CC(CC(C)C)NCCCCOC[C@@H](O)[C@H]1O.Cl. The van der Waals surface area contributed by atoms with Crippen molar-refractivity contribution < 1.29 is 24.5 Å². The maximum Gasteiger partial charge on any atom is 0.219 e. The van der Waals surface area contributed by atoms with Gasteiger partial charge in [0.25, 0.3) is 0 Å². The minimum absolute atomic E-state index is 0. The molecule has 1 amide bonds. The van der Waals surface area contributed by atoms with Gasteiger partial charge in [0.05, 0.1) is 6.61 Å². The summed E-state index contributed by atoms with van der Waals surface area (Å²) in [4.78, 5) is 13.8. The summed E-state index contributed by atoms with van der Waals surface area (Å²) < 4.78 is 10.8. The Balaban J connectivity index is 0.00000625. The number of halogens is 1. The van der Waals surface area contributed by atoms with Crippen LogP contribution in [0.4, 0.5) is 0 Å². The van der Waals surface area contributed by atoms with Crippen LogP contribution in [0.1, 0.15) is 40.0 Å². The molecule has 0 aromatic carbocycles. The number of amides is 1. The number of aliphatic hydroxyl groups excluding tert-OH is 2. The lowest BCUT2D eigenvalue weighted by Crippen LogP contribution is -2.51. The number of aliphatic hydroxyl groups is 2. The predicted molar refractivity (Wildman–Crippen MR) is 104 cm³/mol. The third kappa shape index (κ3) is 9.48. The van der Waals surface area contributed by atoms with Crippen molar-refractivity contribution in [3.8, 4) is 0 Å². The van der Waals surface area contributed by atoms with E-state index in [4.69, 9.17) is 9.47 Å². The summed E-state index contributed by atoms with van der Waals surface area (Å²) >= 11 is 0. The lowest BCUT2D eigenvalue weighted by molar-refractivity contribution is -0.137. The van der Waals surface area contributed by atoms with Crippen LogP contribution < -0.4 is 5.32 Å². The van der Waals surface area contributed by atoms with Crippen LogP contribution in [0.2, 0.25) is 0 Å². The van der Waals surface area contributed by atoms with Gasteiger partial charge < -0.3 is 29.9 Å². The molecule has 0 spiro atoms. The number of nitrogens with zero attached hydrogens (tertiary/aromatic N) is 1. The van der Waals surface area contributed by atoms with Crippen molar-refractivity contribution >= 4 is 18.3 Å². The first-order valence-corrected chi connectivity index (χ1v) is 9.30. The molecule has 1 heterocycles. The van der Waals surface area contributed by atoms with E-state index in [1.54, 1.807) is 4.90 Å². The highest BCUT2D eigenvalue weighted by Gasteiger charge is 2.30. The van der Waals surface area contributed by atoms with E-state index in [1.807, 2.05) is 0 Å². The number of methoxy groups -OCH3 is 1. The largest absolute Gasteiger partial charge is 0.388 e. The van der Waals surface area contributed by atoms with Crippen LogP contribution in [-0.2, 0) is 14.3 Å². The smallest absolute Gasteiger partial charge is 0.219 e. The summed E-state index contributed by atoms with van der Waals surface area (Å²) in [5.41, 5.74) is 0. The predicted octanol–water partition coefficient (Wildman–Crippen LogP) is 0.808. The van der Waals surface area contributed by atoms with E-state index < -0.39 is 18.3 Å². The Morgan fingerprint density at radius 1 is 1.31 bits per heavy atom. The van der Waals surface area contributed by atoms with Crippen LogP contribution in [0.15, 0.2) is 0 Å². The summed E-state index contributed by atoms with van der Waals surface area (Å²) in [7, 11) is 1.48. The Labute approximate surface area is 163 Å². The summed E-state index contributed by atoms with van der Waals surface area (Å²) in [6, 6.07) is 0.187. The lowest BCUT2D eigenvalue weighted by Gasteiger charge is -2.34. The van der Waals surface area contributed by atoms with Gasteiger partial charge in [0.2, 0.25) is 5.91 Å². The maximum absolute atomic E-state index is 12.1. The molecule has 3 N–H and O–H groups in total. The molecule has 0 aliphatic carbocycles. The van der Waals surface area contributed by atoms with E-state index in [0.717, 1.165) is 25.8 Å². The molecule has 1 unspecified atom stereocenters. The maximum atomic E-state index is 12.1. The van der Waals surface area contributed by atoms with Gasteiger partial charge in [0.1, 0.15) is 18.3 Å². The average Bonchev–Trinajstić information content (AvgIpc) is 2.55.